The molecule has 17 heavy (non-hydrogen) atoms. The molecule has 1 atom stereocenters. The van der Waals surface area contributed by atoms with Gasteiger partial charge in [0.1, 0.15) is 0 Å². The molecule has 0 aliphatic heterocycles. The summed E-state index contributed by atoms with van der Waals surface area (Å²) in [5, 5.41) is 2.79. The van der Waals surface area contributed by atoms with Crippen LogP contribution >= 0.6 is 12.2 Å². The third-order valence-electron chi connectivity index (χ3n) is 3.12. The summed E-state index contributed by atoms with van der Waals surface area (Å²) in [4.78, 5) is 12.4. The molecule has 0 bridgehead atoms. The van der Waals surface area contributed by atoms with Crippen LogP contribution in [0.25, 0.3) is 0 Å². The lowest BCUT2D eigenvalue weighted by atomic mass is 9.82. The molecule has 0 saturated carbocycles. The molecule has 1 aliphatic carbocycles. The van der Waals surface area contributed by atoms with Crippen LogP contribution < -0.4 is 11.1 Å². The molecule has 1 aliphatic rings. The fourth-order valence-corrected chi connectivity index (χ4v) is 2.40. The summed E-state index contributed by atoms with van der Waals surface area (Å²) in [7, 11) is 0. The Bertz CT molecular complexity index is 445. The fourth-order valence-electron chi connectivity index (χ4n) is 2.32. The highest BCUT2D eigenvalue weighted by atomic mass is 32.1. The van der Waals surface area contributed by atoms with Crippen LogP contribution in [0.5, 0.6) is 0 Å². The molecule has 3 N–H and O–H groups in total. The predicted octanol–water partition coefficient (Wildman–Crippen LogP) is 1.51. The second-order valence-corrected chi connectivity index (χ2v) is 4.85. The third kappa shape index (κ3) is 2.82. The number of hydrogen-bond donors (Lipinski definition) is 2. The number of carbonyl (C=O) groups is 1. The second-order valence-electron chi connectivity index (χ2n) is 4.33. The minimum Gasteiger partial charge on any atom is -0.392 e. The minimum atomic E-state index is -0.0469. The molecule has 4 heteroatoms. The lowest BCUT2D eigenvalue weighted by Crippen LogP contribution is -2.36. The van der Waals surface area contributed by atoms with E-state index in [2.05, 4.69) is 11.4 Å². The Morgan fingerprint density at radius 2 is 2.24 bits per heavy atom. The average Bonchev–Trinajstić information content (AvgIpc) is 2.35. The summed E-state index contributed by atoms with van der Waals surface area (Å²) in [6, 6.07) is 8.15. The lowest BCUT2D eigenvalue weighted by molar-refractivity contribution is -0.122. The van der Waals surface area contributed by atoms with Gasteiger partial charge in [-0.2, -0.15) is 0 Å². The first-order chi connectivity index (χ1) is 8.18. The number of carbonyl (C=O) groups excluding carboxylic acids is 1. The van der Waals surface area contributed by atoms with Crippen molar-refractivity contribution in [3.8, 4) is 0 Å². The van der Waals surface area contributed by atoms with Crippen LogP contribution in [-0.2, 0) is 11.2 Å². The Kier molecular flexibility index (Phi) is 3.74. The number of nitrogens with one attached hydrogen (secondary N) is 1. The second kappa shape index (κ2) is 5.27. The van der Waals surface area contributed by atoms with Gasteiger partial charge in [0.25, 0.3) is 0 Å². The maximum atomic E-state index is 12.0. The van der Waals surface area contributed by atoms with E-state index in [1.165, 1.54) is 5.56 Å². The van der Waals surface area contributed by atoms with Crippen molar-refractivity contribution in [2.24, 2.45) is 5.73 Å². The van der Waals surface area contributed by atoms with Gasteiger partial charge in [0.15, 0.2) is 0 Å². The maximum Gasteiger partial charge on any atom is 0.227 e. The number of hydrogen-bond acceptors (Lipinski definition) is 2. The lowest BCUT2D eigenvalue weighted by Gasteiger charge is -2.24. The topological polar surface area (TPSA) is 55.1 Å². The highest BCUT2D eigenvalue weighted by molar-refractivity contribution is 7.80. The molecular weight excluding hydrogens is 232 g/mol. The number of thiocarbonyl (C=S) groups is 1. The molecule has 0 heterocycles. The Labute approximate surface area is 106 Å². The molecule has 0 saturated heterocycles. The highest BCUT2D eigenvalue weighted by Gasteiger charge is 2.25. The smallest absolute Gasteiger partial charge is 0.227 e. The van der Waals surface area contributed by atoms with E-state index in [4.69, 9.17) is 18.0 Å². The van der Waals surface area contributed by atoms with Crippen molar-refractivity contribution >= 4 is 23.1 Å². The monoisotopic (exact) mass is 248 g/mol. The van der Waals surface area contributed by atoms with Crippen LogP contribution in [0.1, 0.15) is 29.9 Å². The third-order valence-corrected chi connectivity index (χ3v) is 3.27. The normalized spacial score (nSPS) is 18.2. The van der Waals surface area contributed by atoms with Crippen molar-refractivity contribution in [2.45, 2.75) is 25.2 Å². The summed E-state index contributed by atoms with van der Waals surface area (Å²) in [6.07, 6.45) is 3.03. The van der Waals surface area contributed by atoms with Gasteiger partial charge in [0.2, 0.25) is 5.91 Å². The molecule has 90 valence electrons. The summed E-state index contributed by atoms with van der Waals surface area (Å²) in [5.41, 5.74) is 7.82. The maximum absolute atomic E-state index is 12.0. The summed E-state index contributed by atoms with van der Waals surface area (Å²) in [5.74, 6) is -0.0146. The number of nitrogens with two attached hydrogens (primary N) is 1. The van der Waals surface area contributed by atoms with Gasteiger partial charge in [0.05, 0.1) is 17.5 Å². The molecule has 1 aromatic carbocycles. The Hall–Kier alpha value is -1.42. The molecule has 3 nitrogen and oxygen atoms in total. The number of rotatable bonds is 3. The molecule has 0 aromatic heterocycles. The molecule has 0 fully saturated rings. The van der Waals surface area contributed by atoms with Gasteiger partial charge in [-0.3, -0.25) is 4.79 Å². The zero-order chi connectivity index (χ0) is 12.3. The van der Waals surface area contributed by atoms with Crippen molar-refractivity contribution in [1.29, 1.82) is 0 Å². The van der Waals surface area contributed by atoms with Crippen LogP contribution in [0.15, 0.2) is 24.3 Å². The zero-order valence-corrected chi connectivity index (χ0v) is 10.4. The first-order valence-corrected chi connectivity index (χ1v) is 6.23. The Morgan fingerprint density at radius 3 is 3.00 bits per heavy atom. The van der Waals surface area contributed by atoms with E-state index in [9.17, 15) is 4.79 Å². The number of aryl methyl sites for hydroxylation is 1. The van der Waals surface area contributed by atoms with Gasteiger partial charge in [0, 0.05) is 0 Å². The minimum absolute atomic E-state index is 0.0324. The van der Waals surface area contributed by atoms with E-state index in [1.54, 1.807) is 0 Å². The summed E-state index contributed by atoms with van der Waals surface area (Å²) < 4.78 is 0. The van der Waals surface area contributed by atoms with E-state index >= 15 is 0 Å². The molecule has 0 radical (unpaired) electrons. The summed E-state index contributed by atoms with van der Waals surface area (Å²) in [6.45, 7) is 0.285. The molecule has 1 aromatic rings. The quantitative estimate of drug-likeness (QED) is 0.797. The molecule has 1 amide bonds. The number of fused-ring (bicyclic) bond motifs is 1. The Morgan fingerprint density at radius 1 is 1.47 bits per heavy atom. The van der Waals surface area contributed by atoms with Gasteiger partial charge < -0.3 is 11.1 Å². The van der Waals surface area contributed by atoms with Crippen molar-refractivity contribution in [3.05, 3.63) is 35.4 Å². The van der Waals surface area contributed by atoms with Crippen molar-refractivity contribution in [2.75, 3.05) is 6.54 Å². The van der Waals surface area contributed by atoms with Gasteiger partial charge in [-0.15, -0.1) is 0 Å². The van der Waals surface area contributed by atoms with Crippen LogP contribution in [-0.4, -0.2) is 17.4 Å². The number of amides is 1. The van der Waals surface area contributed by atoms with Gasteiger partial charge >= 0.3 is 0 Å². The Balaban J connectivity index is 2.12. The summed E-state index contributed by atoms with van der Waals surface area (Å²) >= 11 is 4.76. The van der Waals surface area contributed by atoms with E-state index in [0.717, 1.165) is 24.8 Å². The number of benzene rings is 1. The van der Waals surface area contributed by atoms with Gasteiger partial charge in [-0.1, -0.05) is 36.5 Å². The van der Waals surface area contributed by atoms with Crippen LogP contribution in [0.2, 0.25) is 0 Å². The van der Waals surface area contributed by atoms with Crippen molar-refractivity contribution < 1.29 is 4.79 Å². The van der Waals surface area contributed by atoms with Gasteiger partial charge in [-0.25, -0.2) is 0 Å². The SMILES string of the molecule is NC(=S)CNC(=O)C1CCCc2ccccc21. The molecule has 1 unspecified atom stereocenters. The largest absolute Gasteiger partial charge is 0.392 e. The van der Waals surface area contributed by atoms with Crippen molar-refractivity contribution in [1.82, 2.24) is 5.32 Å². The molecule has 0 spiro atoms. The van der Waals surface area contributed by atoms with Crippen LogP contribution in [0, 0.1) is 0 Å². The van der Waals surface area contributed by atoms with E-state index in [1.807, 2.05) is 18.2 Å². The van der Waals surface area contributed by atoms with Crippen molar-refractivity contribution in [3.63, 3.8) is 0 Å². The molecule has 2 rings (SSSR count). The van der Waals surface area contributed by atoms with E-state index < -0.39 is 0 Å². The molecular formula is C13H16N2OS. The first kappa shape index (κ1) is 12.0. The van der Waals surface area contributed by atoms with Crippen LogP contribution in [0.4, 0.5) is 0 Å². The highest BCUT2D eigenvalue weighted by Crippen LogP contribution is 2.31. The zero-order valence-electron chi connectivity index (χ0n) is 9.61. The van der Waals surface area contributed by atoms with Gasteiger partial charge in [-0.05, 0) is 30.4 Å². The van der Waals surface area contributed by atoms with E-state index in [-0.39, 0.29) is 18.4 Å². The fraction of sp³-hybridized carbons (Fsp3) is 0.385. The van der Waals surface area contributed by atoms with E-state index in [0.29, 0.717) is 4.99 Å². The van der Waals surface area contributed by atoms with Crippen LogP contribution in [0.3, 0.4) is 0 Å². The first-order valence-electron chi connectivity index (χ1n) is 5.82. The average molecular weight is 248 g/mol. The standard InChI is InChI=1S/C13H16N2OS/c14-12(17)8-15-13(16)11-7-3-5-9-4-1-2-6-10(9)11/h1-2,4,6,11H,3,5,7-8H2,(H2,14,17)(H,15,16). The predicted molar refractivity (Wildman–Crippen MR) is 71.9 cm³/mol.